The molecule has 27 heavy (non-hydrogen) atoms. The Bertz CT molecular complexity index is 990. The van der Waals surface area contributed by atoms with Gasteiger partial charge in [0.15, 0.2) is 0 Å². The molecule has 1 N–H and O–H groups in total. The van der Waals surface area contributed by atoms with Crippen molar-refractivity contribution in [2.24, 2.45) is 7.05 Å². The molecule has 1 unspecified atom stereocenters. The maximum atomic E-state index is 13.1. The highest BCUT2D eigenvalue weighted by Crippen LogP contribution is 2.36. The lowest BCUT2D eigenvalue weighted by Gasteiger charge is -2.13. The lowest BCUT2D eigenvalue weighted by atomic mass is 10.0. The summed E-state index contributed by atoms with van der Waals surface area (Å²) < 4.78 is 7.54. The lowest BCUT2D eigenvalue weighted by molar-refractivity contribution is 0.0852. The Morgan fingerprint density at radius 2 is 1.93 bits per heavy atom. The van der Waals surface area contributed by atoms with Crippen molar-refractivity contribution in [1.29, 1.82) is 0 Å². The van der Waals surface area contributed by atoms with Gasteiger partial charge in [0.1, 0.15) is 5.69 Å². The van der Waals surface area contributed by atoms with Crippen molar-refractivity contribution in [3.05, 3.63) is 58.2 Å². The molecule has 1 saturated heterocycles. The Kier molecular flexibility index (Phi) is 5.13. The van der Waals surface area contributed by atoms with E-state index < -0.39 is 0 Å². The van der Waals surface area contributed by atoms with Crippen LogP contribution in [0.5, 0.6) is 0 Å². The van der Waals surface area contributed by atoms with Crippen molar-refractivity contribution < 1.29 is 9.53 Å². The number of amides is 1. The lowest BCUT2D eigenvalue weighted by Crippen LogP contribution is -2.33. The third-order valence-electron chi connectivity index (χ3n) is 5.02. The highest BCUT2D eigenvalue weighted by molar-refractivity contribution is 6.32. The van der Waals surface area contributed by atoms with Crippen LogP contribution in [-0.4, -0.2) is 29.7 Å². The van der Waals surface area contributed by atoms with Gasteiger partial charge in [0, 0.05) is 46.7 Å². The standard InChI is InChI=1S/C21H20Cl2N2O2/c1-25-18-9-8-15(23)11-17(18)19(13-4-6-14(22)7-5-13)20(25)21(26)24-12-16-3-2-10-27-16/h4-9,11,16H,2-3,10,12H2,1H3,(H,24,26). The number of carbonyl (C=O) groups is 1. The summed E-state index contributed by atoms with van der Waals surface area (Å²) in [4.78, 5) is 13.1. The molecule has 1 aromatic heterocycles. The van der Waals surface area contributed by atoms with Gasteiger partial charge in [0.05, 0.1) is 6.10 Å². The number of ether oxygens (including phenoxy) is 1. The highest BCUT2D eigenvalue weighted by Gasteiger charge is 2.24. The van der Waals surface area contributed by atoms with E-state index in [0.29, 0.717) is 22.3 Å². The summed E-state index contributed by atoms with van der Waals surface area (Å²) in [6.07, 6.45) is 2.12. The second-order valence-corrected chi connectivity index (χ2v) is 7.67. The smallest absolute Gasteiger partial charge is 0.268 e. The molecule has 0 aliphatic carbocycles. The zero-order chi connectivity index (χ0) is 19.0. The van der Waals surface area contributed by atoms with Crippen molar-refractivity contribution >= 4 is 40.0 Å². The van der Waals surface area contributed by atoms with Crippen LogP contribution >= 0.6 is 23.2 Å². The third kappa shape index (κ3) is 3.57. The van der Waals surface area contributed by atoms with Gasteiger partial charge < -0.3 is 14.6 Å². The molecule has 0 spiro atoms. The average Bonchev–Trinajstić information content (AvgIpc) is 3.27. The molecule has 4 rings (SSSR count). The predicted octanol–water partition coefficient (Wildman–Crippen LogP) is 5.06. The molecular weight excluding hydrogens is 383 g/mol. The van der Waals surface area contributed by atoms with Crippen LogP contribution in [0.2, 0.25) is 10.0 Å². The fraction of sp³-hybridized carbons (Fsp3) is 0.286. The normalized spacial score (nSPS) is 16.8. The number of aromatic nitrogens is 1. The van der Waals surface area contributed by atoms with Crippen molar-refractivity contribution in [3.63, 3.8) is 0 Å². The molecule has 3 aromatic rings. The van der Waals surface area contributed by atoms with Gasteiger partial charge in [0.2, 0.25) is 0 Å². The van der Waals surface area contributed by atoms with Gasteiger partial charge in [-0.25, -0.2) is 0 Å². The molecule has 0 radical (unpaired) electrons. The second-order valence-electron chi connectivity index (χ2n) is 6.80. The van der Waals surface area contributed by atoms with Crippen LogP contribution in [0.15, 0.2) is 42.5 Å². The van der Waals surface area contributed by atoms with Crippen LogP contribution in [0.3, 0.4) is 0 Å². The van der Waals surface area contributed by atoms with Crippen molar-refractivity contribution in [2.75, 3.05) is 13.2 Å². The van der Waals surface area contributed by atoms with Crippen LogP contribution in [0.1, 0.15) is 23.3 Å². The zero-order valence-corrected chi connectivity index (χ0v) is 16.5. The van der Waals surface area contributed by atoms with E-state index in [-0.39, 0.29) is 12.0 Å². The molecular formula is C21H20Cl2N2O2. The first-order valence-corrected chi connectivity index (χ1v) is 9.74. The molecule has 140 valence electrons. The van der Waals surface area contributed by atoms with Gasteiger partial charge in [-0.05, 0) is 48.7 Å². The number of hydrogen-bond acceptors (Lipinski definition) is 2. The molecule has 2 aromatic carbocycles. The predicted molar refractivity (Wildman–Crippen MR) is 110 cm³/mol. The first kappa shape index (κ1) is 18.4. The highest BCUT2D eigenvalue weighted by atomic mass is 35.5. The minimum Gasteiger partial charge on any atom is -0.376 e. The Morgan fingerprint density at radius 3 is 2.63 bits per heavy atom. The number of rotatable bonds is 4. The van der Waals surface area contributed by atoms with Crippen LogP contribution in [0.4, 0.5) is 0 Å². The van der Waals surface area contributed by atoms with Crippen LogP contribution in [0.25, 0.3) is 22.0 Å². The molecule has 4 nitrogen and oxygen atoms in total. The molecule has 0 saturated carbocycles. The minimum atomic E-state index is -0.120. The first-order chi connectivity index (χ1) is 13.0. The third-order valence-corrected chi connectivity index (χ3v) is 5.51. The zero-order valence-electron chi connectivity index (χ0n) is 15.0. The first-order valence-electron chi connectivity index (χ1n) is 8.98. The van der Waals surface area contributed by atoms with Gasteiger partial charge in [-0.3, -0.25) is 4.79 Å². The van der Waals surface area contributed by atoms with Crippen molar-refractivity contribution in [3.8, 4) is 11.1 Å². The van der Waals surface area contributed by atoms with E-state index in [2.05, 4.69) is 5.32 Å². The Balaban J connectivity index is 1.80. The average molecular weight is 403 g/mol. The van der Waals surface area contributed by atoms with E-state index in [1.807, 2.05) is 54.1 Å². The molecule has 2 heterocycles. The van der Waals surface area contributed by atoms with Gasteiger partial charge in [-0.15, -0.1) is 0 Å². The van der Waals surface area contributed by atoms with E-state index >= 15 is 0 Å². The number of aryl methyl sites for hydroxylation is 1. The number of halogens is 2. The molecule has 1 aliphatic rings. The summed E-state index contributed by atoms with van der Waals surface area (Å²) in [7, 11) is 1.90. The summed E-state index contributed by atoms with van der Waals surface area (Å²) in [5.41, 5.74) is 3.34. The summed E-state index contributed by atoms with van der Waals surface area (Å²) in [5.74, 6) is -0.120. The minimum absolute atomic E-state index is 0.0945. The van der Waals surface area contributed by atoms with Crippen molar-refractivity contribution in [2.45, 2.75) is 18.9 Å². The van der Waals surface area contributed by atoms with E-state index in [1.54, 1.807) is 0 Å². The number of benzene rings is 2. The molecule has 1 amide bonds. The fourth-order valence-corrected chi connectivity index (χ4v) is 3.98. The summed E-state index contributed by atoms with van der Waals surface area (Å²) in [6.45, 7) is 1.28. The molecule has 1 atom stereocenters. The summed E-state index contributed by atoms with van der Waals surface area (Å²) in [5, 5.41) is 5.26. The maximum absolute atomic E-state index is 13.1. The second kappa shape index (κ2) is 7.55. The van der Waals surface area contributed by atoms with Gasteiger partial charge in [-0.2, -0.15) is 0 Å². The van der Waals surface area contributed by atoms with Crippen molar-refractivity contribution in [1.82, 2.24) is 9.88 Å². The maximum Gasteiger partial charge on any atom is 0.268 e. The Labute approximate surface area is 168 Å². The van der Waals surface area contributed by atoms with Crippen LogP contribution in [0, 0.1) is 0 Å². The van der Waals surface area contributed by atoms with Gasteiger partial charge in [0.25, 0.3) is 5.91 Å². The largest absolute Gasteiger partial charge is 0.376 e. The van der Waals surface area contributed by atoms with Crippen LogP contribution in [-0.2, 0) is 11.8 Å². The quantitative estimate of drug-likeness (QED) is 0.662. The number of hydrogen-bond donors (Lipinski definition) is 1. The molecule has 6 heteroatoms. The summed E-state index contributed by atoms with van der Waals surface area (Å²) in [6, 6.07) is 13.2. The van der Waals surface area contributed by atoms with Gasteiger partial charge in [-0.1, -0.05) is 35.3 Å². The number of nitrogens with zero attached hydrogens (tertiary/aromatic N) is 1. The molecule has 0 bridgehead atoms. The summed E-state index contributed by atoms with van der Waals surface area (Å²) >= 11 is 12.3. The Morgan fingerprint density at radius 1 is 1.19 bits per heavy atom. The van der Waals surface area contributed by atoms with E-state index in [0.717, 1.165) is 41.5 Å². The number of carbonyl (C=O) groups excluding carboxylic acids is 1. The topological polar surface area (TPSA) is 43.3 Å². The number of nitrogens with one attached hydrogen (secondary N) is 1. The Hall–Kier alpha value is -2.01. The van der Waals surface area contributed by atoms with E-state index in [4.69, 9.17) is 27.9 Å². The molecule has 1 aliphatic heterocycles. The SMILES string of the molecule is Cn1c(C(=O)NCC2CCCO2)c(-c2ccc(Cl)cc2)c2cc(Cl)ccc21. The fourth-order valence-electron chi connectivity index (χ4n) is 3.69. The number of fused-ring (bicyclic) bond motifs is 1. The van der Waals surface area contributed by atoms with Crippen LogP contribution < -0.4 is 5.32 Å². The van der Waals surface area contributed by atoms with E-state index in [9.17, 15) is 4.79 Å². The van der Waals surface area contributed by atoms with Gasteiger partial charge >= 0.3 is 0 Å². The molecule has 1 fully saturated rings. The monoisotopic (exact) mass is 402 g/mol. The van der Waals surface area contributed by atoms with E-state index in [1.165, 1.54) is 0 Å².